The molecule has 9 heavy (non-hydrogen) atoms. The van der Waals surface area contributed by atoms with E-state index >= 15 is 0 Å². The van der Waals surface area contributed by atoms with Crippen molar-refractivity contribution in [1.29, 1.82) is 0 Å². The third kappa shape index (κ3) is 1.43. The molecule has 1 aliphatic rings. The molecule has 54 valence electrons. The molecule has 1 fully saturated rings. The summed E-state index contributed by atoms with van der Waals surface area (Å²) in [7, 11) is 2.18. The van der Waals surface area contributed by atoms with Gasteiger partial charge >= 0.3 is 0 Å². The van der Waals surface area contributed by atoms with E-state index in [0.29, 0.717) is 12.1 Å². The van der Waals surface area contributed by atoms with Gasteiger partial charge in [-0.05, 0) is 20.9 Å². The van der Waals surface area contributed by atoms with Crippen LogP contribution in [-0.2, 0) is 0 Å². The Labute approximate surface area is 57.2 Å². The molecular weight excluding hydrogens is 112 g/mol. The predicted octanol–water partition coefficient (Wildman–Crippen LogP) is 0.298. The van der Waals surface area contributed by atoms with Gasteiger partial charge in [0.1, 0.15) is 0 Å². The molecule has 2 atom stereocenters. The molecule has 2 nitrogen and oxygen atoms in total. The maximum Gasteiger partial charge on any atom is 0.0215 e. The van der Waals surface area contributed by atoms with Crippen LogP contribution in [-0.4, -0.2) is 37.1 Å². The Balaban J connectivity index is 2.41. The molecule has 0 aromatic carbocycles. The van der Waals surface area contributed by atoms with Gasteiger partial charge in [-0.15, -0.1) is 0 Å². The third-order valence-corrected chi connectivity index (χ3v) is 2.35. The zero-order chi connectivity index (χ0) is 6.85. The minimum absolute atomic E-state index is 0.656. The molecule has 0 radical (unpaired) electrons. The summed E-state index contributed by atoms with van der Waals surface area (Å²) in [6, 6.07) is 1.35. The Morgan fingerprint density at radius 2 is 2.11 bits per heavy atom. The Kier molecular flexibility index (Phi) is 2.09. The molecule has 0 aromatic heterocycles. The molecule has 2 unspecified atom stereocenters. The summed E-state index contributed by atoms with van der Waals surface area (Å²) in [5.74, 6) is 0. The largest absolute Gasteiger partial charge is 0.311 e. The fourth-order valence-electron chi connectivity index (χ4n) is 1.22. The Morgan fingerprint density at radius 1 is 1.44 bits per heavy atom. The van der Waals surface area contributed by atoms with Gasteiger partial charge < -0.3 is 10.2 Å². The highest BCUT2D eigenvalue weighted by atomic mass is 15.2. The fraction of sp³-hybridized carbons (Fsp3) is 1.00. The van der Waals surface area contributed by atoms with Gasteiger partial charge in [-0.1, -0.05) is 0 Å². The van der Waals surface area contributed by atoms with E-state index in [4.69, 9.17) is 0 Å². The van der Waals surface area contributed by atoms with E-state index in [2.05, 4.69) is 31.1 Å². The molecule has 0 aliphatic carbocycles. The second-order valence-corrected chi connectivity index (χ2v) is 2.96. The summed E-state index contributed by atoms with van der Waals surface area (Å²) in [5.41, 5.74) is 0. The molecular formula is C7H16N2. The highest BCUT2D eigenvalue weighted by Crippen LogP contribution is 2.04. The van der Waals surface area contributed by atoms with Crippen molar-refractivity contribution in [2.24, 2.45) is 0 Å². The monoisotopic (exact) mass is 128 g/mol. The molecule has 2 heteroatoms. The van der Waals surface area contributed by atoms with E-state index in [1.54, 1.807) is 0 Å². The van der Waals surface area contributed by atoms with Gasteiger partial charge in [-0.25, -0.2) is 0 Å². The zero-order valence-corrected chi connectivity index (χ0v) is 6.52. The van der Waals surface area contributed by atoms with Crippen molar-refractivity contribution in [3.63, 3.8) is 0 Å². The van der Waals surface area contributed by atoms with E-state index in [9.17, 15) is 0 Å². The SMILES string of the molecule is CC1NCCN(C)C1C. The lowest BCUT2D eigenvalue weighted by Crippen LogP contribution is -2.53. The first kappa shape index (κ1) is 7.03. The van der Waals surface area contributed by atoms with Crippen molar-refractivity contribution in [2.45, 2.75) is 25.9 Å². The number of nitrogens with zero attached hydrogens (tertiary/aromatic N) is 1. The summed E-state index contributed by atoms with van der Waals surface area (Å²) in [5, 5.41) is 3.42. The number of hydrogen-bond acceptors (Lipinski definition) is 2. The molecule has 1 aliphatic heterocycles. The Bertz CT molecular complexity index is 82.9. The zero-order valence-electron chi connectivity index (χ0n) is 6.52. The highest BCUT2D eigenvalue weighted by Gasteiger charge is 2.19. The summed E-state index contributed by atoms with van der Waals surface area (Å²) in [4.78, 5) is 2.39. The van der Waals surface area contributed by atoms with Gasteiger partial charge in [0.05, 0.1) is 0 Å². The van der Waals surface area contributed by atoms with Gasteiger partial charge in [-0.3, -0.25) is 0 Å². The minimum Gasteiger partial charge on any atom is -0.311 e. The van der Waals surface area contributed by atoms with Crippen molar-refractivity contribution >= 4 is 0 Å². The molecule has 1 heterocycles. The maximum absolute atomic E-state index is 3.42. The summed E-state index contributed by atoms with van der Waals surface area (Å²) < 4.78 is 0. The third-order valence-electron chi connectivity index (χ3n) is 2.35. The quantitative estimate of drug-likeness (QED) is 0.504. The van der Waals surface area contributed by atoms with Gasteiger partial charge in [0.25, 0.3) is 0 Å². The van der Waals surface area contributed by atoms with Crippen LogP contribution in [0.2, 0.25) is 0 Å². The first-order valence-corrected chi connectivity index (χ1v) is 3.65. The molecule has 1 saturated heterocycles. The first-order chi connectivity index (χ1) is 4.22. The summed E-state index contributed by atoms with van der Waals surface area (Å²) >= 11 is 0. The summed E-state index contributed by atoms with van der Waals surface area (Å²) in [6.45, 7) is 6.82. The predicted molar refractivity (Wildman–Crippen MR) is 39.6 cm³/mol. The molecule has 1 rings (SSSR count). The lowest BCUT2D eigenvalue weighted by atomic mass is 10.1. The normalized spacial score (nSPS) is 39.0. The molecule has 0 saturated carbocycles. The second-order valence-electron chi connectivity index (χ2n) is 2.96. The molecule has 1 N–H and O–H groups in total. The summed E-state index contributed by atoms with van der Waals surface area (Å²) in [6.07, 6.45) is 0. The minimum atomic E-state index is 0.656. The fourth-order valence-corrected chi connectivity index (χ4v) is 1.22. The van der Waals surface area contributed by atoms with E-state index in [0.717, 1.165) is 6.54 Å². The number of likely N-dealkylation sites (N-methyl/N-ethyl adjacent to an activating group) is 1. The van der Waals surface area contributed by atoms with Crippen LogP contribution in [0.5, 0.6) is 0 Å². The number of piperazine rings is 1. The molecule has 0 spiro atoms. The smallest absolute Gasteiger partial charge is 0.0215 e. The lowest BCUT2D eigenvalue weighted by molar-refractivity contribution is 0.172. The molecule has 0 bridgehead atoms. The standard InChI is InChI=1S/C7H16N2/c1-6-7(2)9(3)5-4-8-6/h6-8H,4-5H2,1-3H3. The van der Waals surface area contributed by atoms with Crippen LogP contribution >= 0.6 is 0 Å². The van der Waals surface area contributed by atoms with E-state index in [-0.39, 0.29) is 0 Å². The number of rotatable bonds is 0. The van der Waals surface area contributed by atoms with Crippen LogP contribution in [0.1, 0.15) is 13.8 Å². The van der Waals surface area contributed by atoms with Crippen LogP contribution in [0.4, 0.5) is 0 Å². The highest BCUT2D eigenvalue weighted by molar-refractivity contribution is 4.80. The van der Waals surface area contributed by atoms with Crippen molar-refractivity contribution in [3.05, 3.63) is 0 Å². The van der Waals surface area contributed by atoms with Gasteiger partial charge in [-0.2, -0.15) is 0 Å². The second kappa shape index (κ2) is 2.67. The van der Waals surface area contributed by atoms with Crippen LogP contribution < -0.4 is 5.32 Å². The van der Waals surface area contributed by atoms with Crippen molar-refractivity contribution in [2.75, 3.05) is 20.1 Å². The Morgan fingerprint density at radius 3 is 2.56 bits per heavy atom. The topological polar surface area (TPSA) is 15.3 Å². The molecule has 0 amide bonds. The van der Waals surface area contributed by atoms with Crippen LogP contribution in [0.3, 0.4) is 0 Å². The Hall–Kier alpha value is -0.0800. The van der Waals surface area contributed by atoms with Crippen molar-refractivity contribution in [3.8, 4) is 0 Å². The van der Waals surface area contributed by atoms with Gasteiger partial charge in [0.15, 0.2) is 0 Å². The lowest BCUT2D eigenvalue weighted by Gasteiger charge is -2.35. The van der Waals surface area contributed by atoms with Crippen LogP contribution in [0.15, 0.2) is 0 Å². The maximum atomic E-state index is 3.42. The molecule has 0 aromatic rings. The van der Waals surface area contributed by atoms with Crippen LogP contribution in [0, 0.1) is 0 Å². The van der Waals surface area contributed by atoms with Crippen LogP contribution in [0.25, 0.3) is 0 Å². The number of hydrogen-bond donors (Lipinski definition) is 1. The van der Waals surface area contributed by atoms with Crippen molar-refractivity contribution in [1.82, 2.24) is 10.2 Å². The van der Waals surface area contributed by atoms with Gasteiger partial charge in [0, 0.05) is 25.2 Å². The van der Waals surface area contributed by atoms with Crippen molar-refractivity contribution < 1.29 is 0 Å². The average Bonchev–Trinajstić information content (AvgIpc) is 1.83. The first-order valence-electron chi connectivity index (χ1n) is 3.65. The van der Waals surface area contributed by atoms with E-state index < -0.39 is 0 Å². The van der Waals surface area contributed by atoms with E-state index in [1.165, 1.54) is 6.54 Å². The average molecular weight is 128 g/mol. The van der Waals surface area contributed by atoms with E-state index in [1.807, 2.05) is 0 Å². The van der Waals surface area contributed by atoms with Gasteiger partial charge in [0.2, 0.25) is 0 Å². The number of nitrogens with one attached hydrogen (secondary N) is 1.